The molecule has 1 nitrogen and oxygen atoms in total. The molecule has 0 unspecified atom stereocenters. The van der Waals surface area contributed by atoms with Gasteiger partial charge in [-0.05, 0) is 41.0 Å². The van der Waals surface area contributed by atoms with Crippen molar-refractivity contribution in [3.63, 3.8) is 0 Å². The summed E-state index contributed by atoms with van der Waals surface area (Å²) in [5, 5.41) is 1.08. The van der Waals surface area contributed by atoms with Crippen LogP contribution in [0.4, 0.5) is 0 Å². The molecule has 0 amide bonds. The fourth-order valence-electron chi connectivity index (χ4n) is 1.30. The third-order valence-electron chi connectivity index (χ3n) is 2.01. The predicted molar refractivity (Wildman–Crippen MR) is 71.7 cm³/mol. The second kappa shape index (κ2) is 4.20. The summed E-state index contributed by atoms with van der Waals surface area (Å²) in [4.78, 5) is 12.1. The number of carbonyl (C=O) groups excluding carboxylic acids is 1. The molecule has 0 atom stereocenters. The molecule has 0 spiro atoms. The maximum absolute atomic E-state index is 10.9. The van der Waals surface area contributed by atoms with Gasteiger partial charge < -0.3 is 0 Å². The minimum absolute atomic E-state index is 0.832. The Morgan fingerprint density at radius 1 is 1.50 bits per heavy atom. The number of hydrogen-bond acceptors (Lipinski definition) is 3. The van der Waals surface area contributed by atoms with Crippen molar-refractivity contribution in [3.8, 4) is 0 Å². The molecule has 2 rings (SSSR count). The number of carbonyl (C=O) groups is 1. The van der Waals surface area contributed by atoms with Gasteiger partial charge in [0, 0.05) is 20.5 Å². The van der Waals surface area contributed by atoms with Crippen molar-refractivity contribution in [2.24, 2.45) is 0 Å². The maximum Gasteiger partial charge on any atom is 0.152 e. The third-order valence-corrected chi connectivity index (χ3v) is 4.93. The van der Waals surface area contributed by atoms with Crippen molar-refractivity contribution < 1.29 is 4.79 Å². The molecule has 1 heterocycles. The van der Waals surface area contributed by atoms with Gasteiger partial charge in [-0.15, -0.1) is 23.1 Å². The highest BCUT2D eigenvalue weighted by Gasteiger charge is 2.09. The minimum atomic E-state index is 0.832. The van der Waals surface area contributed by atoms with E-state index in [4.69, 9.17) is 0 Å². The summed E-state index contributed by atoms with van der Waals surface area (Å²) in [6.45, 7) is 0. The van der Waals surface area contributed by atoms with Crippen LogP contribution in [-0.2, 0) is 0 Å². The molecule has 1 aromatic heterocycles. The van der Waals surface area contributed by atoms with Gasteiger partial charge in [-0.3, -0.25) is 4.79 Å². The fourth-order valence-corrected chi connectivity index (χ4v) is 3.88. The quantitative estimate of drug-likeness (QED) is 0.468. The standard InChI is InChI=1S/C10H7IOS2/c1-13-6-2-3-7-8(5-12)10(11)14-9(7)4-6/h2-5H,1H3. The molecule has 0 aliphatic heterocycles. The molecular weight excluding hydrogens is 327 g/mol. The summed E-state index contributed by atoms with van der Waals surface area (Å²) < 4.78 is 2.27. The van der Waals surface area contributed by atoms with Gasteiger partial charge in [0.25, 0.3) is 0 Å². The number of aldehydes is 1. The fraction of sp³-hybridized carbons (Fsp3) is 0.100. The number of thiophene rings is 1. The first-order chi connectivity index (χ1) is 6.76. The van der Waals surface area contributed by atoms with Crippen LogP contribution >= 0.6 is 45.7 Å². The van der Waals surface area contributed by atoms with Crippen LogP contribution in [0.1, 0.15) is 10.4 Å². The molecule has 0 N–H and O–H groups in total. The normalized spacial score (nSPS) is 10.7. The third kappa shape index (κ3) is 1.70. The van der Waals surface area contributed by atoms with Crippen LogP contribution in [0.25, 0.3) is 10.1 Å². The highest BCUT2D eigenvalue weighted by Crippen LogP contribution is 2.33. The van der Waals surface area contributed by atoms with E-state index in [2.05, 4.69) is 41.0 Å². The van der Waals surface area contributed by atoms with Crippen LogP contribution in [0.5, 0.6) is 0 Å². The first kappa shape index (κ1) is 10.4. The van der Waals surface area contributed by atoms with Gasteiger partial charge in [0.05, 0.1) is 2.88 Å². The minimum Gasteiger partial charge on any atom is -0.298 e. The Hall–Kier alpha value is -0.0700. The lowest BCUT2D eigenvalue weighted by Crippen LogP contribution is -1.78. The summed E-state index contributed by atoms with van der Waals surface area (Å²) in [6, 6.07) is 6.23. The van der Waals surface area contributed by atoms with E-state index in [1.165, 1.54) is 9.60 Å². The van der Waals surface area contributed by atoms with E-state index in [9.17, 15) is 4.79 Å². The predicted octanol–water partition coefficient (Wildman–Crippen LogP) is 4.04. The van der Waals surface area contributed by atoms with Crippen molar-refractivity contribution in [3.05, 3.63) is 26.6 Å². The summed E-state index contributed by atoms with van der Waals surface area (Å²) in [5.41, 5.74) is 0.832. The molecule has 14 heavy (non-hydrogen) atoms. The SMILES string of the molecule is CSc1ccc2c(C=O)c(I)sc2c1. The van der Waals surface area contributed by atoms with Gasteiger partial charge in [0.2, 0.25) is 0 Å². The molecule has 0 saturated heterocycles. The Balaban J connectivity index is 2.74. The molecule has 0 aliphatic rings. The van der Waals surface area contributed by atoms with Crippen LogP contribution < -0.4 is 0 Å². The number of thioether (sulfide) groups is 1. The first-order valence-corrected chi connectivity index (χ1v) is 7.09. The average molecular weight is 334 g/mol. The topological polar surface area (TPSA) is 17.1 Å². The zero-order valence-corrected chi connectivity index (χ0v) is 11.2. The van der Waals surface area contributed by atoms with Crippen molar-refractivity contribution >= 4 is 62.1 Å². The van der Waals surface area contributed by atoms with E-state index < -0.39 is 0 Å². The smallest absolute Gasteiger partial charge is 0.152 e. The largest absolute Gasteiger partial charge is 0.298 e. The van der Waals surface area contributed by atoms with Crippen molar-refractivity contribution in [1.82, 2.24) is 0 Å². The van der Waals surface area contributed by atoms with Gasteiger partial charge in [-0.25, -0.2) is 0 Å². The Morgan fingerprint density at radius 2 is 2.29 bits per heavy atom. The lowest BCUT2D eigenvalue weighted by atomic mass is 10.2. The van der Waals surface area contributed by atoms with Crippen molar-refractivity contribution in [2.45, 2.75) is 4.90 Å². The van der Waals surface area contributed by atoms with Crippen LogP contribution in [0.3, 0.4) is 0 Å². The van der Waals surface area contributed by atoms with Crippen LogP contribution in [0.2, 0.25) is 0 Å². The Kier molecular flexibility index (Phi) is 3.14. The van der Waals surface area contributed by atoms with E-state index in [1.807, 2.05) is 6.07 Å². The Morgan fingerprint density at radius 3 is 2.93 bits per heavy atom. The molecule has 0 bridgehead atoms. The van der Waals surface area contributed by atoms with Crippen LogP contribution in [0, 0.1) is 2.88 Å². The second-order valence-electron chi connectivity index (χ2n) is 2.77. The highest BCUT2D eigenvalue weighted by molar-refractivity contribution is 14.1. The summed E-state index contributed by atoms with van der Waals surface area (Å²) in [5.74, 6) is 0. The first-order valence-electron chi connectivity index (χ1n) is 3.97. The number of fused-ring (bicyclic) bond motifs is 1. The maximum atomic E-state index is 10.9. The molecule has 0 radical (unpaired) electrons. The van der Waals surface area contributed by atoms with Gasteiger partial charge >= 0.3 is 0 Å². The lowest BCUT2D eigenvalue weighted by molar-refractivity contribution is 0.112. The number of hydrogen-bond donors (Lipinski definition) is 0. The molecule has 0 fully saturated rings. The van der Waals surface area contributed by atoms with Gasteiger partial charge in [-0.2, -0.15) is 0 Å². The molecule has 0 aliphatic carbocycles. The van der Waals surface area contributed by atoms with E-state index in [0.29, 0.717) is 0 Å². The molecule has 4 heteroatoms. The summed E-state index contributed by atoms with van der Waals surface area (Å²) >= 11 is 5.61. The molecule has 72 valence electrons. The van der Waals surface area contributed by atoms with Gasteiger partial charge in [0.15, 0.2) is 6.29 Å². The highest BCUT2D eigenvalue weighted by atomic mass is 127. The molecular formula is C10H7IOS2. The molecule has 0 saturated carbocycles. The Bertz CT molecular complexity index is 490. The molecule has 2 aromatic rings. The molecule has 1 aromatic carbocycles. The van der Waals surface area contributed by atoms with E-state index in [0.717, 1.165) is 20.1 Å². The lowest BCUT2D eigenvalue weighted by Gasteiger charge is -1.95. The number of benzene rings is 1. The van der Waals surface area contributed by atoms with E-state index in [-0.39, 0.29) is 0 Å². The zero-order chi connectivity index (χ0) is 10.1. The van der Waals surface area contributed by atoms with E-state index >= 15 is 0 Å². The summed E-state index contributed by atoms with van der Waals surface area (Å²) in [6.07, 6.45) is 3.00. The average Bonchev–Trinajstić information content (AvgIpc) is 2.51. The van der Waals surface area contributed by atoms with E-state index in [1.54, 1.807) is 23.1 Å². The second-order valence-corrected chi connectivity index (χ2v) is 6.51. The number of rotatable bonds is 2. The van der Waals surface area contributed by atoms with Crippen LogP contribution in [-0.4, -0.2) is 12.5 Å². The van der Waals surface area contributed by atoms with Crippen molar-refractivity contribution in [2.75, 3.05) is 6.26 Å². The van der Waals surface area contributed by atoms with Gasteiger partial charge in [-0.1, -0.05) is 6.07 Å². The summed E-state index contributed by atoms with van der Waals surface area (Å²) in [7, 11) is 0. The van der Waals surface area contributed by atoms with Crippen LogP contribution in [0.15, 0.2) is 23.1 Å². The Labute approximate surface area is 104 Å². The zero-order valence-electron chi connectivity index (χ0n) is 7.41. The van der Waals surface area contributed by atoms with Gasteiger partial charge in [0.1, 0.15) is 0 Å². The van der Waals surface area contributed by atoms with Crippen molar-refractivity contribution in [1.29, 1.82) is 0 Å². The monoisotopic (exact) mass is 334 g/mol. The number of halogens is 1.